The van der Waals surface area contributed by atoms with E-state index in [0.29, 0.717) is 12.8 Å². The highest BCUT2D eigenvalue weighted by atomic mass is 16.3. The van der Waals surface area contributed by atoms with Crippen LogP contribution >= 0.6 is 0 Å². The lowest BCUT2D eigenvalue weighted by Crippen LogP contribution is -2.37. The third kappa shape index (κ3) is 3.89. The van der Waals surface area contributed by atoms with Crippen molar-refractivity contribution in [3.63, 3.8) is 0 Å². The van der Waals surface area contributed by atoms with Crippen molar-refractivity contribution in [1.29, 1.82) is 0 Å². The number of aliphatic hydroxyl groups excluding tert-OH is 5. The van der Waals surface area contributed by atoms with Crippen LogP contribution in [0.25, 0.3) is 0 Å². The predicted octanol–water partition coefficient (Wildman–Crippen LogP) is -1.67. The quantitative estimate of drug-likeness (QED) is 0.328. The van der Waals surface area contributed by atoms with Crippen molar-refractivity contribution >= 4 is 0 Å². The lowest BCUT2D eigenvalue weighted by molar-refractivity contribution is -0.0205. The fraction of sp³-hybridized carbons (Fsp3) is 1.00. The molecule has 86 valence electrons. The van der Waals surface area contributed by atoms with E-state index >= 15 is 0 Å². The second-order valence-corrected chi connectivity index (χ2v) is 3.74. The first kappa shape index (κ1) is 13.8. The molecule has 0 fully saturated rings. The summed E-state index contributed by atoms with van der Waals surface area (Å²) in [7, 11) is 0. The largest absolute Gasteiger partial charge is 0.396 e. The van der Waals surface area contributed by atoms with E-state index in [1.54, 1.807) is 0 Å². The molecule has 0 aliphatic rings. The van der Waals surface area contributed by atoms with Gasteiger partial charge in [0.2, 0.25) is 0 Å². The third-order valence-corrected chi connectivity index (χ3v) is 2.52. The van der Waals surface area contributed by atoms with Gasteiger partial charge in [-0.05, 0) is 18.8 Å². The molecule has 0 aromatic heterocycles. The van der Waals surface area contributed by atoms with Crippen LogP contribution in [0.4, 0.5) is 0 Å². The summed E-state index contributed by atoms with van der Waals surface area (Å²) in [6, 6.07) is 0. The Balaban J connectivity index is 4.24. The normalized spacial score (nSPS) is 14.4. The van der Waals surface area contributed by atoms with Gasteiger partial charge in [-0.2, -0.15) is 0 Å². The highest BCUT2D eigenvalue weighted by molar-refractivity contribution is 4.80. The smallest absolute Gasteiger partial charge is 0.0531 e. The SMILES string of the molecule is OCCC(CO)CC(CO)(CO)CO. The molecule has 0 amide bonds. The molecular weight excluding hydrogens is 188 g/mol. The summed E-state index contributed by atoms with van der Waals surface area (Å²) in [6.45, 7) is -1.17. The number of hydrogen-bond donors (Lipinski definition) is 5. The Kier molecular flexibility index (Phi) is 7.04. The van der Waals surface area contributed by atoms with E-state index in [1.807, 2.05) is 0 Å². The molecule has 0 aromatic carbocycles. The molecule has 0 bridgehead atoms. The second-order valence-electron chi connectivity index (χ2n) is 3.74. The van der Waals surface area contributed by atoms with Crippen molar-refractivity contribution in [2.75, 3.05) is 33.0 Å². The monoisotopic (exact) mass is 208 g/mol. The van der Waals surface area contributed by atoms with Gasteiger partial charge in [0, 0.05) is 18.6 Å². The molecule has 0 spiro atoms. The molecule has 0 heterocycles. The zero-order chi connectivity index (χ0) is 11.0. The number of hydrogen-bond acceptors (Lipinski definition) is 5. The summed E-state index contributed by atoms with van der Waals surface area (Å²) < 4.78 is 0. The summed E-state index contributed by atoms with van der Waals surface area (Å²) in [5.41, 5.74) is -0.956. The van der Waals surface area contributed by atoms with E-state index in [9.17, 15) is 0 Å². The zero-order valence-electron chi connectivity index (χ0n) is 8.26. The van der Waals surface area contributed by atoms with Gasteiger partial charge in [0.25, 0.3) is 0 Å². The van der Waals surface area contributed by atoms with Crippen molar-refractivity contribution in [3.05, 3.63) is 0 Å². The van der Waals surface area contributed by atoms with Crippen LogP contribution in [0.5, 0.6) is 0 Å². The van der Waals surface area contributed by atoms with Gasteiger partial charge < -0.3 is 25.5 Å². The van der Waals surface area contributed by atoms with Crippen molar-refractivity contribution in [2.24, 2.45) is 11.3 Å². The van der Waals surface area contributed by atoms with E-state index in [1.165, 1.54) is 0 Å². The zero-order valence-corrected chi connectivity index (χ0v) is 8.26. The van der Waals surface area contributed by atoms with E-state index in [-0.39, 0.29) is 39.0 Å². The number of aliphatic hydroxyl groups is 5. The molecule has 14 heavy (non-hydrogen) atoms. The Morgan fingerprint density at radius 1 is 0.857 bits per heavy atom. The van der Waals surface area contributed by atoms with E-state index < -0.39 is 5.41 Å². The van der Waals surface area contributed by atoms with Crippen LogP contribution in [-0.4, -0.2) is 58.6 Å². The molecule has 5 heteroatoms. The van der Waals surface area contributed by atoms with Crippen molar-refractivity contribution in [3.8, 4) is 0 Å². The Bertz CT molecular complexity index is 127. The van der Waals surface area contributed by atoms with Gasteiger partial charge >= 0.3 is 0 Å². The van der Waals surface area contributed by atoms with Crippen LogP contribution in [0.15, 0.2) is 0 Å². The minimum atomic E-state index is -0.956. The molecule has 1 unspecified atom stereocenters. The molecular formula is C9H20O5. The lowest BCUT2D eigenvalue weighted by Gasteiger charge is -2.30. The van der Waals surface area contributed by atoms with Crippen LogP contribution in [0.2, 0.25) is 0 Å². The molecule has 0 saturated heterocycles. The van der Waals surface area contributed by atoms with E-state index in [4.69, 9.17) is 25.5 Å². The fourth-order valence-electron chi connectivity index (χ4n) is 1.40. The molecule has 0 aromatic rings. The van der Waals surface area contributed by atoms with Crippen molar-refractivity contribution in [2.45, 2.75) is 12.8 Å². The van der Waals surface area contributed by atoms with Gasteiger partial charge in [0.1, 0.15) is 0 Å². The minimum absolute atomic E-state index is 0.0520. The first-order valence-electron chi connectivity index (χ1n) is 4.72. The van der Waals surface area contributed by atoms with Crippen LogP contribution in [0.1, 0.15) is 12.8 Å². The molecule has 0 saturated carbocycles. The first-order chi connectivity index (χ1) is 6.67. The molecule has 1 atom stereocenters. The van der Waals surface area contributed by atoms with E-state index in [2.05, 4.69) is 0 Å². The van der Waals surface area contributed by atoms with Gasteiger partial charge in [-0.1, -0.05) is 0 Å². The molecule has 0 aliphatic heterocycles. The van der Waals surface area contributed by atoms with E-state index in [0.717, 1.165) is 0 Å². The molecule has 5 N–H and O–H groups in total. The van der Waals surface area contributed by atoms with Gasteiger partial charge in [-0.3, -0.25) is 0 Å². The van der Waals surface area contributed by atoms with Crippen LogP contribution in [0.3, 0.4) is 0 Å². The van der Waals surface area contributed by atoms with Crippen LogP contribution < -0.4 is 0 Å². The second kappa shape index (κ2) is 7.14. The first-order valence-corrected chi connectivity index (χ1v) is 4.72. The number of rotatable bonds is 8. The average molecular weight is 208 g/mol. The Morgan fingerprint density at radius 2 is 1.36 bits per heavy atom. The standard InChI is InChI=1S/C9H20O5/c10-2-1-8(4-11)3-9(5-12,6-13)7-14/h8,10-14H,1-7H2. The molecule has 5 nitrogen and oxygen atoms in total. The predicted molar refractivity (Wildman–Crippen MR) is 50.6 cm³/mol. The Hall–Kier alpha value is -0.200. The van der Waals surface area contributed by atoms with Gasteiger partial charge in [0.05, 0.1) is 19.8 Å². The maximum absolute atomic E-state index is 9.03. The fourth-order valence-corrected chi connectivity index (χ4v) is 1.40. The van der Waals surface area contributed by atoms with Crippen LogP contribution in [-0.2, 0) is 0 Å². The minimum Gasteiger partial charge on any atom is -0.396 e. The third-order valence-electron chi connectivity index (χ3n) is 2.52. The summed E-state index contributed by atoms with van der Waals surface area (Å²) in [5, 5.41) is 44.7. The maximum Gasteiger partial charge on any atom is 0.0531 e. The summed E-state index contributed by atoms with van der Waals surface area (Å²) in [6.07, 6.45) is 0.700. The Morgan fingerprint density at radius 3 is 1.64 bits per heavy atom. The molecule has 0 aliphatic carbocycles. The topological polar surface area (TPSA) is 101 Å². The average Bonchev–Trinajstić information content (AvgIpc) is 2.25. The van der Waals surface area contributed by atoms with Crippen LogP contribution in [0, 0.1) is 11.3 Å². The van der Waals surface area contributed by atoms with Crippen molar-refractivity contribution in [1.82, 2.24) is 0 Å². The Labute approximate surface area is 83.6 Å². The lowest BCUT2D eigenvalue weighted by atomic mass is 9.80. The highest BCUT2D eigenvalue weighted by Gasteiger charge is 2.31. The maximum atomic E-state index is 9.03. The molecule has 0 rings (SSSR count). The summed E-state index contributed by atoms with van der Waals surface area (Å²) in [5.74, 6) is -0.202. The van der Waals surface area contributed by atoms with Gasteiger partial charge in [0.15, 0.2) is 0 Å². The highest BCUT2D eigenvalue weighted by Crippen LogP contribution is 2.26. The van der Waals surface area contributed by atoms with Gasteiger partial charge in [-0.25, -0.2) is 0 Å². The summed E-state index contributed by atoms with van der Waals surface area (Å²) in [4.78, 5) is 0. The van der Waals surface area contributed by atoms with Crippen molar-refractivity contribution < 1.29 is 25.5 Å². The van der Waals surface area contributed by atoms with Gasteiger partial charge in [-0.15, -0.1) is 0 Å². The summed E-state index contributed by atoms with van der Waals surface area (Å²) >= 11 is 0. The molecule has 0 radical (unpaired) electrons.